The minimum atomic E-state index is -0.305. The Balaban J connectivity index is 2.34. The molecule has 0 spiro atoms. The molecule has 20 heavy (non-hydrogen) atoms. The number of rotatable bonds is 4. The Morgan fingerprint density at radius 2 is 1.75 bits per heavy atom. The third kappa shape index (κ3) is 2.99. The number of anilines is 2. The molecular weight excluding hydrogens is 250 g/mol. The van der Waals surface area contributed by atoms with Crippen LogP contribution in [0, 0.1) is 13.8 Å². The Kier molecular flexibility index (Phi) is 4.41. The van der Waals surface area contributed by atoms with Crippen LogP contribution in [0.25, 0.3) is 0 Å². The summed E-state index contributed by atoms with van der Waals surface area (Å²) in [6.45, 7) is 6.30. The van der Waals surface area contributed by atoms with Crippen molar-refractivity contribution in [3.05, 3.63) is 59.2 Å². The first kappa shape index (κ1) is 14.1. The van der Waals surface area contributed by atoms with E-state index in [9.17, 15) is 4.79 Å². The molecule has 104 valence electrons. The standard InChI is InChI=1S/C17H19NO2/c1-4-20-17(19)14-9-5-6-10-16(14)18-15-11-7-8-12(2)13(15)3/h5-11,18H,4H2,1-3H3. The molecule has 0 atom stereocenters. The van der Waals surface area contributed by atoms with E-state index < -0.39 is 0 Å². The lowest BCUT2D eigenvalue weighted by Gasteiger charge is -2.14. The average molecular weight is 269 g/mol. The van der Waals surface area contributed by atoms with Crippen LogP contribution >= 0.6 is 0 Å². The number of ether oxygens (including phenoxy) is 1. The second-order valence-corrected chi connectivity index (χ2v) is 4.64. The first-order chi connectivity index (χ1) is 9.63. The Bertz CT molecular complexity index is 620. The van der Waals surface area contributed by atoms with Crippen molar-refractivity contribution in [3.8, 4) is 0 Å². The predicted molar refractivity (Wildman–Crippen MR) is 81.6 cm³/mol. The van der Waals surface area contributed by atoms with Crippen LogP contribution in [0.1, 0.15) is 28.4 Å². The van der Waals surface area contributed by atoms with Gasteiger partial charge in [0.2, 0.25) is 0 Å². The Morgan fingerprint density at radius 3 is 2.50 bits per heavy atom. The van der Waals surface area contributed by atoms with E-state index in [4.69, 9.17) is 4.74 Å². The third-order valence-electron chi connectivity index (χ3n) is 3.30. The third-order valence-corrected chi connectivity index (χ3v) is 3.30. The molecule has 2 aromatic carbocycles. The van der Waals surface area contributed by atoms with Gasteiger partial charge in [-0.2, -0.15) is 0 Å². The second kappa shape index (κ2) is 6.24. The summed E-state index contributed by atoms with van der Waals surface area (Å²) in [5.41, 5.74) is 4.70. The van der Waals surface area contributed by atoms with Gasteiger partial charge in [0.25, 0.3) is 0 Å². The molecule has 0 fully saturated rings. The summed E-state index contributed by atoms with van der Waals surface area (Å²) >= 11 is 0. The minimum Gasteiger partial charge on any atom is -0.462 e. The van der Waals surface area contributed by atoms with Crippen molar-refractivity contribution in [2.45, 2.75) is 20.8 Å². The molecule has 0 aliphatic carbocycles. The number of hydrogen-bond acceptors (Lipinski definition) is 3. The molecule has 0 aliphatic heterocycles. The smallest absolute Gasteiger partial charge is 0.340 e. The largest absolute Gasteiger partial charge is 0.462 e. The fourth-order valence-corrected chi connectivity index (χ4v) is 2.01. The number of benzene rings is 2. The Morgan fingerprint density at radius 1 is 1.05 bits per heavy atom. The maximum atomic E-state index is 11.9. The Hall–Kier alpha value is -2.29. The number of aryl methyl sites for hydroxylation is 1. The van der Waals surface area contributed by atoms with E-state index in [0.29, 0.717) is 12.2 Å². The highest BCUT2D eigenvalue weighted by atomic mass is 16.5. The quantitative estimate of drug-likeness (QED) is 0.844. The van der Waals surface area contributed by atoms with Crippen LogP contribution in [0.2, 0.25) is 0 Å². The lowest BCUT2D eigenvalue weighted by Crippen LogP contribution is -2.08. The van der Waals surface area contributed by atoms with Gasteiger partial charge in [-0.1, -0.05) is 24.3 Å². The number of hydrogen-bond donors (Lipinski definition) is 1. The van der Waals surface area contributed by atoms with E-state index in [-0.39, 0.29) is 5.97 Å². The highest BCUT2D eigenvalue weighted by Gasteiger charge is 2.12. The molecule has 2 aromatic rings. The number of nitrogens with one attached hydrogen (secondary N) is 1. The monoisotopic (exact) mass is 269 g/mol. The zero-order valence-electron chi connectivity index (χ0n) is 12.1. The molecule has 0 aliphatic rings. The molecule has 0 aromatic heterocycles. The van der Waals surface area contributed by atoms with Crippen LogP contribution in [-0.2, 0) is 4.74 Å². The van der Waals surface area contributed by atoms with Crippen molar-refractivity contribution in [1.29, 1.82) is 0 Å². The maximum absolute atomic E-state index is 11.9. The van der Waals surface area contributed by atoms with Crippen LogP contribution in [0.4, 0.5) is 11.4 Å². The molecule has 3 heteroatoms. The summed E-state index contributed by atoms with van der Waals surface area (Å²) < 4.78 is 5.08. The average Bonchev–Trinajstić information content (AvgIpc) is 2.45. The van der Waals surface area contributed by atoms with E-state index in [0.717, 1.165) is 11.4 Å². The molecule has 0 radical (unpaired) electrons. The lowest BCUT2D eigenvalue weighted by atomic mass is 10.1. The highest BCUT2D eigenvalue weighted by molar-refractivity contribution is 5.96. The Labute approximate surface area is 119 Å². The van der Waals surface area contributed by atoms with Gasteiger partial charge < -0.3 is 10.1 Å². The fourth-order valence-electron chi connectivity index (χ4n) is 2.01. The zero-order valence-corrected chi connectivity index (χ0v) is 12.1. The predicted octanol–water partition coefficient (Wildman–Crippen LogP) is 4.22. The van der Waals surface area contributed by atoms with Gasteiger partial charge in [-0.05, 0) is 50.1 Å². The molecule has 0 saturated heterocycles. The van der Waals surface area contributed by atoms with Gasteiger partial charge in [0.05, 0.1) is 17.9 Å². The molecule has 3 nitrogen and oxygen atoms in total. The van der Waals surface area contributed by atoms with Gasteiger partial charge in [0.1, 0.15) is 0 Å². The summed E-state index contributed by atoms with van der Waals surface area (Å²) in [6.07, 6.45) is 0. The molecule has 0 unspecified atom stereocenters. The van der Waals surface area contributed by atoms with Crippen LogP contribution in [0.5, 0.6) is 0 Å². The van der Waals surface area contributed by atoms with Gasteiger partial charge >= 0.3 is 5.97 Å². The summed E-state index contributed by atoms with van der Waals surface area (Å²) in [7, 11) is 0. The van der Waals surface area contributed by atoms with Crippen molar-refractivity contribution in [1.82, 2.24) is 0 Å². The van der Waals surface area contributed by atoms with Gasteiger partial charge in [-0.3, -0.25) is 0 Å². The zero-order chi connectivity index (χ0) is 14.5. The van der Waals surface area contributed by atoms with Crippen LogP contribution in [0.15, 0.2) is 42.5 Å². The first-order valence-corrected chi connectivity index (χ1v) is 6.73. The topological polar surface area (TPSA) is 38.3 Å². The van der Waals surface area contributed by atoms with Gasteiger partial charge in [0, 0.05) is 5.69 Å². The van der Waals surface area contributed by atoms with Crippen LogP contribution < -0.4 is 5.32 Å². The molecule has 1 N–H and O–H groups in total. The van der Waals surface area contributed by atoms with E-state index in [1.165, 1.54) is 11.1 Å². The lowest BCUT2D eigenvalue weighted by molar-refractivity contribution is 0.0527. The van der Waals surface area contributed by atoms with Crippen molar-refractivity contribution in [2.24, 2.45) is 0 Å². The van der Waals surface area contributed by atoms with E-state index in [1.807, 2.05) is 30.3 Å². The number of carbonyl (C=O) groups is 1. The second-order valence-electron chi connectivity index (χ2n) is 4.64. The molecule has 0 amide bonds. The van der Waals surface area contributed by atoms with Crippen molar-refractivity contribution < 1.29 is 9.53 Å². The van der Waals surface area contributed by atoms with E-state index in [2.05, 4.69) is 25.2 Å². The van der Waals surface area contributed by atoms with Gasteiger partial charge in [-0.15, -0.1) is 0 Å². The van der Waals surface area contributed by atoms with Gasteiger partial charge in [0.15, 0.2) is 0 Å². The summed E-state index contributed by atoms with van der Waals surface area (Å²) in [4.78, 5) is 11.9. The van der Waals surface area contributed by atoms with Crippen molar-refractivity contribution in [3.63, 3.8) is 0 Å². The minimum absolute atomic E-state index is 0.305. The molecule has 0 heterocycles. The number of para-hydroxylation sites is 1. The summed E-state index contributed by atoms with van der Waals surface area (Å²) in [5, 5.41) is 3.32. The summed E-state index contributed by atoms with van der Waals surface area (Å²) in [6, 6.07) is 13.5. The molecule has 2 rings (SSSR count). The molecular formula is C17H19NO2. The van der Waals surface area contributed by atoms with Crippen LogP contribution in [0.3, 0.4) is 0 Å². The fraction of sp³-hybridized carbons (Fsp3) is 0.235. The van der Waals surface area contributed by atoms with Gasteiger partial charge in [-0.25, -0.2) is 4.79 Å². The van der Waals surface area contributed by atoms with Crippen molar-refractivity contribution in [2.75, 3.05) is 11.9 Å². The number of esters is 1. The van der Waals surface area contributed by atoms with Crippen LogP contribution in [-0.4, -0.2) is 12.6 Å². The maximum Gasteiger partial charge on any atom is 0.340 e. The van der Waals surface area contributed by atoms with Crippen molar-refractivity contribution >= 4 is 17.3 Å². The van der Waals surface area contributed by atoms with E-state index >= 15 is 0 Å². The molecule has 0 bridgehead atoms. The SMILES string of the molecule is CCOC(=O)c1ccccc1Nc1cccc(C)c1C. The first-order valence-electron chi connectivity index (χ1n) is 6.73. The normalized spacial score (nSPS) is 10.2. The molecule has 0 saturated carbocycles. The number of carbonyl (C=O) groups excluding carboxylic acids is 1. The highest BCUT2D eigenvalue weighted by Crippen LogP contribution is 2.25. The summed E-state index contributed by atoms with van der Waals surface area (Å²) in [5.74, 6) is -0.305. The van der Waals surface area contributed by atoms with E-state index in [1.54, 1.807) is 13.0 Å².